The first-order valence-electron chi connectivity index (χ1n) is 8.34. The molecule has 0 bridgehead atoms. The lowest BCUT2D eigenvalue weighted by atomic mass is 9.91. The van der Waals surface area contributed by atoms with Crippen LogP contribution in [0.3, 0.4) is 0 Å². The third kappa shape index (κ3) is 2.47. The number of aryl methyl sites for hydroxylation is 2. The molecule has 0 saturated carbocycles. The summed E-state index contributed by atoms with van der Waals surface area (Å²) in [5, 5.41) is 6.59. The Morgan fingerprint density at radius 3 is 3.04 bits per heavy atom. The van der Waals surface area contributed by atoms with Crippen molar-refractivity contribution in [2.24, 2.45) is 0 Å². The minimum atomic E-state index is -0.946. The van der Waals surface area contributed by atoms with E-state index in [1.54, 1.807) is 19.6 Å². The number of amides is 3. The number of imide groups is 1. The molecule has 1 aliphatic heterocycles. The molecule has 2 aliphatic rings. The lowest BCUT2D eigenvalue weighted by Gasteiger charge is -2.22. The van der Waals surface area contributed by atoms with Gasteiger partial charge in [-0.1, -0.05) is 11.2 Å². The number of nitrogens with one attached hydrogen (secondary N) is 1. The van der Waals surface area contributed by atoms with Crippen LogP contribution < -0.4 is 10.1 Å². The minimum Gasteiger partial charge on any atom is -0.497 e. The number of hydrogen-bond acceptors (Lipinski definition) is 5. The van der Waals surface area contributed by atoms with E-state index in [0.29, 0.717) is 31.6 Å². The summed E-state index contributed by atoms with van der Waals surface area (Å²) in [7, 11) is 1.59. The van der Waals surface area contributed by atoms with Crippen molar-refractivity contribution in [1.82, 2.24) is 15.4 Å². The van der Waals surface area contributed by atoms with E-state index in [2.05, 4.69) is 10.5 Å². The third-order valence-corrected chi connectivity index (χ3v) is 5.05. The van der Waals surface area contributed by atoms with E-state index in [1.807, 2.05) is 18.2 Å². The van der Waals surface area contributed by atoms with Crippen LogP contribution in [0.5, 0.6) is 5.75 Å². The van der Waals surface area contributed by atoms with Crippen molar-refractivity contribution in [3.8, 4) is 5.75 Å². The van der Waals surface area contributed by atoms with Gasteiger partial charge in [-0.25, -0.2) is 4.79 Å². The van der Waals surface area contributed by atoms with Crippen LogP contribution in [0.1, 0.15) is 29.5 Å². The van der Waals surface area contributed by atoms with E-state index in [1.165, 1.54) is 4.90 Å². The van der Waals surface area contributed by atoms with Gasteiger partial charge in [-0.05, 0) is 48.9 Å². The molecule has 0 radical (unpaired) electrons. The van der Waals surface area contributed by atoms with Crippen molar-refractivity contribution in [2.75, 3.05) is 13.7 Å². The van der Waals surface area contributed by atoms with Crippen molar-refractivity contribution in [3.05, 3.63) is 47.3 Å². The molecule has 25 heavy (non-hydrogen) atoms. The number of methoxy groups -OCH3 is 1. The average molecular weight is 341 g/mol. The van der Waals surface area contributed by atoms with Gasteiger partial charge in [0.1, 0.15) is 17.6 Å². The Bertz CT molecular complexity index is 818. The molecule has 2 aromatic rings. The molecule has 0 unspecified atom stereocenters. The van der Waals surface area contributed by atoms with Crippen molar-refractivity contribution < 1.29 is 18.8 Å². The molecular formula is C18H19N3O4. The van der Waals surface area contributed by atoms with Gasteiger partial charge in [-0.15, -0.1) is 0 Å². The Kier molecular flexibility index (Phi) is 3.71. The van der Waals surface area contributed by atoms with Crippen LogP contribution in [0.25, 0.3) is 0 Å². The van der Waals surface area contributed by atoms with Crippen molar-refractivity contribution in [2.45, 2.75) is 31.2 Å². The second-order valence-corrected chi connectivity index (χ2v) is 6.45. The monoisotopic (exact) mass is 341 g/mol. The Hall–Kier alpha value is -2.83. The van der Waals surface area contributed by atoms with Gasteiger partial charge in [-0.3, -0.25) is 9.69 Å². The molecule has 130 valence electrons. The quantitative estimate of drug-likeness (QED) is 0.841. The van der Waals surface area contributed by atoms with Crippen LogP contribution in [-0.2, 0) is 23.2 Å². The molecule has 3 amide bonds. The van der Waals surface area contributed by atoms with Crippen LogP contribution in [-0.4, -0.2) is 35.6 Å². The van der Waals surface area contributed by atoms with E-state index in [0.717, 1.165) is 23.1 Å². The van der Waals surface area contributed by atoms with Gasteiger partial charge in [0.05, 0.1) is 13.3 Å². The van der Waals surface area contributed by atoms with Crippen LogP contribution >= 0.6 is 0 Å². The summed E-state index contributed by atoms with van der Waals surface area (Å²) in [6.45, 7) is 0.372. The number of aromatic nitrogens is 1. The van der Waals surface area contributed by atoms with Gasteiger partial charge in [0, 0.05) is 12.1 Å². The van der Waals surface area contributed by atoms with Crippen molar-refractivity contribution in [1.29, 1.82) is 0 Å². The first kappa shape index (κ1) is 15.7. The molecule has 1 aliphatic carbocycles. The van der Waals surface area contributed by atoms with Gasteiger partial charge < -0.3 is 14.6 Å². The van der Waals surface area contributed by atoms with Crippen LogP contribution in [0.4, 0.5) is 4.79 Å². The predicted octanol–water partition coefficient (Wildman–Crippen LogP) is 2.01. The maximum Gasteiger partial charge on any atom is 0.325 e. The van der Waals surface area contributed by atoms with E-state index in [-0.39, 0.29) is 11.9 Å². The zero-order valence-electron chi connectivity index (χ0n) is 13.9. The SMILES string of the molecule is COc1ccc2c(c1)[C@@]1(CC2)NC(=O)N(CCCc2cnoc2)C1=O. The number of hydrogen-bond donors (Lipinski definition) is 1. The molecular weight excluding hydrogens is 322 g/mol. The second kappa shape index (κ2) is 5.91. The first-order chi connectivity index (χ1) is 12.1. The summed E-state index contributed by atoms with van der Waals surface area (Å²) in [4.78, 5) is 26.8. The Balaban J connectivity index is 1.54. The fraction of sp³-hybridized carbons (Fsp3) is 0.389. The summed E-state index contributed by atoms with van der Waals surface area (Å²) in [6.07, 6.45) is 5.95. The maximum absolute atomic E-state index is 13.1. The summed E-state index contributed by atoms with van der Waals surface area (Å²) < 4.78 is 10.1. The number of nitrogens with zero attached hydrogens (tertiary/aromatic N) is 2. The number of urea groups is 1. The lowest BCUT2D eigenvalue weighted by molar-refractivity contribution is -0.131. The number of ether oxygens (including phenoxy) is 1. The molecule has 1 N–H and O–H groups in total. The van der Waals surface area contributed by atoms with E-state index in [9.17, 15) is 9.59 Å². The minimum absolute atomic E-state index is 0.171. The smallest absolute Gasteiger partial charge is 0.325 e. The Labute approximate surface area is 144 Å². The highest BCUT2D eigenvalue weighted by Crippen LogP contribution is 2.42. The van der Waals surface area contributed by atoms with Gasteiger partial charge in [-0.2, -0.15) is 0 Å². The molecule has 1 saturated heterocycles. The highest BCUT2D eigenvalue weighted by Gasteiger charge is 2.55. The predicted molar refractivity (Wildman–Crippen MR) is 88.1 cm³/mol. The number of rotatable bonds is 5. The zero-order valence-corrected chi connectivity index (χ0v) is 13.9. The number of carbonyl (C=O) groups excluding carboxylic acids is 2. The number of carbonyl (C=O) groups is 2. The van der Waals surface area contributed by atoms with E-state index < -0.39 is 5.54 Å². The molecule has 4 rings (SSSR count). The molecule has 1 fully saturated rings. The molecule has 1 spiro atoms. The van der Waals surface area contributed by atoms with Crippen molar-refractivity contribution >= 4 is 11.9 Å². The third-order valence-electron chi connectivity index (χ3n) is 5.05. The molecule has 1 aromatic heterocycles. The second-order valence-electron chi connectivity index (χ2n) is 6.45. The Morgan fingerprint density at radius 1 is 1.40 bits per heavy atom. The standard InChI is InChI=1S/C18H19N3O4/c1-24-14-5-4-13-6-7-18(15(13)9-14)16(22)21(17(23)20-18)8-2-3-12-10-19-25-11-12/h4-5,9-11H,2-3,6-8H2,1H3,(H,20,23)/t18-/m1/s1. The molecule has 7 nitrogen and oxygen atoms in total. The zero-order chi connectivity index (χ0) is 17.4. The fourth-order valence-electron chi connectivity index (χ4n) is 3.73. The van der Waals surface area contributed by atoms with Gasteiger partial charge in [0.25, 0.3) is 5.91 Å². The highest BCUT2D eigenvalue weighted by atomic mass is 16.5. The topological polar surface area (TPSA) is 84.7 Å². The van der Waals surface area contributed by atoms with E-state index in [4.69, 9.17) is 9.26 Å². The fourth-order valence-corrected chi connectivity index (χ4v) is 3.73. The molecule has 1 aromatic carbocycles. The first-order valence-corrected chi connectivity index (χ1v) is 8.34. The van der Waals surface area contributed by atoms with Gasteiger partial charge in [0.2, 0.25) is 0 Å². The normalized spacial score (nSPS) is 21.7. The Morgan fingerprint density at radius 2 is 2.28 bits per heavy atom. The highest BCUT2D eigenvalue weighted by molar-refractivity contribution is 6.08. The van der Waals surface area contributed by atoms with Gasteiger partial charge >= 0.3 is 6.03 Å². The van der Waals surface area contributed by atoms with E-state index >= 15 is 0 Å². The largest absolute Gasteiger partial charge is 0.497 e. The molecule has 7 heteroatoms. The summed E-state index contributed by atoms with van der Waals surface area (Å²) in [5.41, 5.74) is 1.95. The summed E-state index contributed by atoms with van der Waals surface area (Å²) in [5.74, 6) is 0.516. The maximum atomic E-state index is 13.1. The lowest BCUT2D eigenvalue weighted by Crippen LogP contribution is -2.42. The molecule has 2 heterocycles. The molecule has 1 atom stereocenters. The number of fused-ring (bicyclic) bond motifs is 2. The summed E-state index contributed by atoms with van der Waals surface area (Å²) >= 11 is 0. The van der Waals surface area contributed by atoms with Crippen LogP contribution in [0.2, 0.25) is 0 Å². The van der Waals surface area contributed by atoms with Crippen LogP contribution in [0, 0.1) is 0 Å². The van der Waals surface area contributed by atoms with Crippen LogP contribution in [0.15, 0.2) is 35.2 Å². The van der Waals surface area contributed by atoms with Gasteiger partial charge in [0.15, 0.2) is 0 Å². The summed E-state index contributed by atoms with van der Waals surface area (Å²) in [6, 6.07) is 5.39. The average Bonchev–Trinajstić information content (AvgIpc) is 3.31. The number of benzene rings is 1. The van der Waals surface area contributed by atoms with Crippen molar-refractivity contribution in [3.63, 3.8) is 0 Å².